The summed E-state index contributed by atoms with van der Waals surface area (Å²) >= 11 is 6.01. The molecule has 0 atom stereocenters. The number of aromatic nitrogens is 2. The normalized spacial score (nSPS) is 16.6. The second-order valence-electron chi connectivity index (χ2n) is 7.19. The summed E-state index contributed by atoms with van der Waals surface area (Å²) in [4.78, 5) is 16.2. The Morgan fingerprint density at radius 2 is 1.74 bits per heavy atom. The maximum absolute atomic E-state index is 14.1. The van der Waals surface area contributed by atoms with Crippen molar-refractivity contribution in [2.75, 3.05) is 0 Å². The van der Waals surface area contributed by atoms with E-state index in [9.17, 15) is 13.6 Å². The second kappa shape index (κ2) is 7.04. The summed E-state index contributed by atoms with van der Waals surface area (Å²) in [5.74, 6) is -1.23. The fraction of sp³-hybridized carbons (Fsp3) is 0.333. The van der Waals surface area contributed by atoms with Crippen molar-refractivity contribution >= 4 is 28.9 Å². The molecule has 0 N–H and O–H groups in total. The summed E-state index contributed by atoms with van der Waals surface area (Å²) in [6, 6.07) is 9.51. The SMILES string of the molecule is O=CCC1(n2c(-c3ccc(Cl)cc3)nc3cc(F)c(F)cc32)CCCCC1. The van der Waals surface area contributed by atoms with E-state index in [0.29, 0.717) is 28.3 Å². The number of aldehydes is 1. The molecule has 0 unspecified atom stereocenters. The van der Waals surface area contributed by atoms with Crippen LogP contribution in [0, 0.1) is 11.6 Å². The molecule has 3 aromatic rings. The summed E-state index contributed by atoms with van der Waals surface area (Å²) in [5.41, 5.74) is 1.22. The molecular weight excluding hydrogens is 370 g/mol. The first kappa shape index (κ1) is 18.1. The number of imidazole rings is 1. The monoisotopic (exact) mass is 388 g/mol. The van der Waals surface area contributed by atoms with Gasteiger partial charge in [-0.2, -0.15) is 0 Å². The lowest BCUT2D eigenvalue weighted by atomic mass is 9.79. The number of carbonyl (C=O) groups is 1. The highest BCUT2D eigenvalue weighted by atomic mass is 35.5. The van der Waals surface area contributed by atoms with Crippen LogP contribution in [0.15, 0.2) is 36.4 Å². The third-order valence-electron chi connectivity index (χ3n) is 5.52. The van der Waals surface area contributed by atoms with Crippen LogP contribution in [0.25, 0.3) is 22.4 Å². The Bertz CT molecular complexity index is 992. The van der Waals surface area contributed by atoms with E-state index in [1.54, 1.807) is 12.1 Å². The number of halogens is 3. The molecule has 6 heteroatoms. The fourth-order valence-electron chi connectivity index (χ4n) is 4.23. The number of nitrogens with zero attached hydrogens (tertiary/aromatic N) is 2. The van der Waals surface area contributed by atoms with Crippen LogP contribution in [0.4, 0.5) is 8.78 Å². The van der Waals surface area contributed by atoms with Crippen molar-refractivity contribution in [3.63, 3.8) is 0 Å². The molecule has 0 bridgehead atoms. The first-order valence-corrected chi connectivity index (χ1v) is 9.49. The van der Waals surface area contributed by atoms with E-state index in [1.165, 1.54) is 6.07 Å². The van der Waals surface area contributed by atoms with E-state index in [2.05, 4.69) is 4.98 Å². The highest BCUT2D eigenvalue weighted by Crippen LogP contribution is 2.43. The van der Waals surface area contributed by atoms with Crippen molar-refractivity contribution < 1.29 is 13.6 Å². The van der Waals surface area contributed by atoms with Crippen LogP contribution in [0.5, 0.6) is 0 Å². The zero-order valence-corrected chi connectivity index (χ0v) is 15.5. The number of hydrogen-bond acceptors (Lipinski definition) is 2. The third kappa shape index (κ3) is 3.14. The van der Waals surface area contributed by atoms with E-state index in [0.717, 1.165) is 50.0 Å². The molecule has 4 rings (SSSR count). The predicted octanol–water partition coefficient (Wildman–Crippen LogP) is 5.88. The molecular formula is C21H19ClF2N2O. The van der Waals surface area contributed by atoms with Gasteiger partial charge >= 0.3 is 0 Å². The van der Waals surface area contributed by atoms with Crippen molar-refractivity contribution in [3.05, 3.63) is 53.1 Å². The Morgan fingerprint density at radius 3 is 2.41 bits per heavy atom. The molecule has 27 heavy (non-hydrogen) atoms. The van der Waals surface area contributed by atoms with Crippen LogP contribution >= 0.6 is 11.6 Å². The van der Waals surface area contributed by atoms with Crippen molar-refractivity contribution in [1.82, 2.24) is 9.55 Å². The predicted molar refractivity (Wildman–Crippen MR) is 102 cm³/mol. The largest absolute Gasteiger partial charge is 0.317 e. The molecule has 1 heterocycles. The minimum atomic E-state index is -0.928. The summed E-state index contributed by atoms with van der Waals surface area (Å²) in [7, 11) is 0. The van der Waals surface area contributed by atoms with Crippen LogP contribution in [0.2, 0.25) is 5.02 Å². The molecule has 1 saturated carbocycles. The Hall–Kier alpha value is -2.27. The number of rotatable bonds is 4. The molecule has 1 aliphatic carbocycles. The van der Waals surface area contributed by atoms with Gasteiger partial charge < -0.3 is 9.36 Å². The molecule has 2 aromatic carbocycles. The molecule has 0 aliphatic heterocycles. The molecule has 140 valence electrons. The minimum absolute atomic E-state index is 0.318. The third-order valence-corrected chi connectivity index (χ3v) is 5.77. The lowest BCUT2D eigenvalue weighted by Gasteiger charge is -2.39. The highest BCUT2D eigenvalue weighted by molar-refractivity contribution is 6.30. The Morgan fingerprint density at radius 1 is 1.07 bits per heavy atom. The van der Waals surface area contributed by atoms with Gasteiger partial charge in [0, 0.05) is 29.1 Å². The van der Waals surface area contributed by atoms with Gasteiger partial charge in [0.05, 0.1) is 16.6 Å². The van der Waals surface area contributed by atoms with E-state index in [-0.39, 0.29) is 0 Å². The van der Waals surface area contributed by atoms with E-state index >= 15 is 0 Å². The van der Waals surface area contributed by atoms with Crippen LogP contribution < -0.4 is 0 Å². The van der Waals surface area contributed by atoms with E-state index < -0.39 is 17.2 Å². The second-order valence-corrected chi connectivity index (χ2v) is 7.62. The maximum atomic E-state index is 14.1. The Balaban J connectivity index is 2.03. The average molecular weight is 389 g/mol. The van der Waals surface area contributed by atoms with Crippen molar-refractivity contribution in [2.24, 2.45) is 0 Å². The molecule has 1 aromatic heterocycles. The van der Waals surface area contributed by atoms with Gasteiger partial charge in [-0.3, -0.25) is 0 Å². The van der Waals surface area contributed by atoms with E-state index in [4.69, 9.17) is 11.6 Å². The van der Waals surface area contributed by atoms with Crippen molar-refractivity contribution in [3.8, 4) is 11.4 Å². The van der Waals surface area contributed by atoms with E-state index in [1.807, 2.05) is 16.7 Å². The molecule has 1 fully saturated rings. The zero-order chi connectivity index (χ0) is 19.0. The maximum Gasteiger partial charge on any atom is 0.161 e. The summed E-state index contributed by atoms with van der Waals surface area (Å²) in [5, 5.41) is 0.596. The van der Waals surface area contributed by atoms with Crippen LogP contribution in [0.3, 0.4) is 0 Å². The molecule has 3 nitrogen and oxygen atoms in total. The quantitative estimate of drug-likeness (QED) is 0.523. The van der Waals surface area contributed by atoms with Crippen LogP contribution in [0.1, 0.15) is 38.5 Å². The topological polar surface area (TPSA) is 34.9 Å². The van der Waals surface area contributed by atoms with Crippen LogP contribution in [-0.4, -0.2) is 15.8 Å². The molecule has 0 radical (unpaired) electrons. The van der Waals surface area contributed by atoms with Gasteiger partial charge in [-0.25, -0.2) is 13.8 Å². The smallest absolute Gasteiger partial charge is 0.161 e. The van der Waals surface area contributed by atoms with Gasteiger partial charge in [0.2, 0.25) is 0 Å². The lowest BCUT2D eigenvalue weighted by molar-refractivity contribution is -0.110. The first-order chi connectivity index (χ1) is 13.0. The highest BCUT2D eigenvalue weighted by Gasteiger charge is 2.37. The molecule has 0 spiro atoms. The number of hydrogen-bond donors (Lipinski definition) is 0. The Kier molecular flexibility index (Phi) is 4.72. The number of carbonyl (C=O) groups excluding carboxylic acids is 1. The zero-order valence-electron chi connectivity index (χ0n) is 14.7. The Labute approximate surface area is 161 Å². The lowest BCUT2D eigenvalue weighted by Crippen LogP contribution is -2.36. The summed E-state index contributed by atoms with van der Waals surface area (Å²) < 4.78 is 29.9. The fourth-order valence-corrected chi connectivity index (χ4v) is 4.36. The van der Waals surface area contributed by atoms with Gasteiger partial charge in [0.1, 0.15) is 12.1 Å². The van der Waals surface area contributed by atoms with Crippen molar-refractivity contribution in [2.45, 2.75) is 44.1 Å². The minimum Gasteiger partial charge on any atom is -0.317 e. The number of benzene rings is 2. The molecule has 0 saturated heterocycles. The van der Waals surface area contributed by atoms with Gasteiger partial charge in [0.15, 0.2) is 11.6 Å². The first-order valence-electron chi connectivity index (χ1n) is 9.12. The molecule has 0 amide bonds. The van der Waals surface area contributed by atoms with Crippen molar-refractivity contribution in [1.29, 1.82) is 0 Å². The summed E-state index contributed by atoms with van der Waals surface area (Å²) in [6.45, 7) is 0. The van der Waals surface area contributed by atoms with Gasteiger partial charge in [-0.05, 0) is 37.1 Å². The van der Waals surface area contributed by atoms with Gasteiger partial charge in [0.25, 0.3) is 0 Å². The average Bonchev–Trinajstić information content (AvgIpc) is 3.02. The summed E-state index contributed by atoms with van der Waals surface area (Å²) in [6.07, 6.45) is 5.91. The van der Waals surface area contributed by atoms with Gasteiger partial charge in [-0.1, -0.05) is 30.9 Å². The standard InChI is InChI=1S/C21H19ClF2N2O/c22-15-6-4-14(5-7-15)20-25-18-12-16(23)17(24)13-19(18)26(20)21(10-11-27)8-2-1-3-9-21/h4-7,11-13H,1-3,8-10H2. The van der Waals surface area contributed by atoms with Crippen LogP contribution in [-0.2, 0) is 10.3 Å². The van der Waals surface area contributed by atoms with Gasteiger partial charge in [-0.15, -0.1) is 0 Å². The molecule has 1 aliphatic rings. The number of fused-ring (bicyclic) bond motifs is 1.